The van der Waals surface area contributed by atoms with Crippen molar-refractivity contribution in [2.24, 2.45) is 0 Å². The number of halogens is 4. The van der Waals surface area contributed by atoms with Gasteiger partial charge in [-0.3, -0.25) is 0 Å². The maximum Gasteiger partial charge on any atom is 0.416 e. The van der Waals surface area contributed by atoms with Crippen LogP contribution < -0.4 is 4.90 Å². The molecule has 0 aliphatic carbocycles. The van der Waals surface area contributed by atoms with E-state index in [4.69, 9.17) is 11.6 Å². The third kappa shape index (κ3) is 3.69. The zero-order valence-corrected chi connectivity index (χ0v) is 12.1. The summed E-state index contributed by atoms with van der Waals surface area (Å²) in [6, 6.07) is 1.93. The van der Waals surface area contributed by atoms with Crippen LogP contribution in [-0.2, 0) is 6.18 Å². The quantitative estimate of drug-likeness (QED) is 0.727. The van der Waals surface area contributed by atoms with Crippen LogP contribution in [0.25, 0.3) is 0 Å². The standard InChI is InChI=1S/C12H14ClF3N2S/c1-7-5-18(6-8(2)19-7)11-4-9(12(14,15)16)3-10(13)17-11/h3-4,7-8H,5-6H2,1-2H3. The molecule has 2 rings (SSSR count). The number of aromatic nitrogens is 1. The van der Waals surface area contributed by atoms with Crippen molar-refractivity contribution in [1.82, 2.24) is 4.98 Å². The Morgan fingerprint density at radius 2 is 1.84 bits per heavy atom. The number of hydrogen-bond donors (Lipinski definition) is 0. The van der Waals surface area contributed by atoms with Crippen LogP contribution in [-0.4, -0.2) is 28.6 Å². The third-order valence-electron chi connectivity index (χ3n) is 2.85. The minimum absolute atomic E-state index is 0.122. The van der Waals surface area contributed by atoms with Crippen LogP contribution in [0.2, 0.25) is 5.15 Å². The first-order chi connectivity index (χ1) is 8.75. The van der Waals surface area contributed by atoms with Crippen molar-refractivity contribution < 1.29 is 13.2 Å². The number of nitrogens with zero attached hydrogens (tertiary/aromatic N) is 2. The monoisotopic (exact) mass is 310 g/mol. The van der Waals surface area contributed by atoms with E-state index < -0.39 is 11.7 Å². The van der Waals surface area contributed by atoms with Crippen molar-refractivity contribution in [3.63, 3.8) is 0 Å². The van der Waals surface area contributed by atoms with E-state index in [1.807, 2.05) is 16.7 Å². The number of rotatable bonds is 1. The SMILES string of the molecule is CC1CN(c2cc(C(F)(F)F)cc(Cl)n2)CC(C)S1. The summed E-state index contributed by atoms with van der Waals surface area (Å²) < 4.78 is 38.3. The van der Waals surface area contributed by atoms with E-state index in [0.717, 1.165) is 12.1 Å². The smallest absolute Gasteiger partial charge is 0.354 e. The zero-order chi connectivity index (χ0) is 14.2. The fourth-order valence-corrected chi connectivity index (χ4v) is 3.70. The largest absolute Gasteiger partial charge is 0.416 e. The van der Waals surface area contributed by atoms with Gasteiger partial charge in [-0.25, -0.2) is 4.98 Å². The van der Waals surface area contributed by atoms with Crippen molar-refractivity contribution in [3.05, 3.63) is 22.8 Å². The average Bonchev–Trinajstić information content (AvgIpc) is 2.25. The van der Waals surface area contributed by atoms with E-state index in [9.17, 15) is 13.2 Å². The summed E-state index contributed by atoms with van der Waals surface area (Å²) in [6.07, 6.45) is -4.40. The molecule has 19 heavy (non-hydrogen) atoms. The summed E-state index contributed by atoms with van der Waals surface area (Å²) in [5.74, 6) is 0.304. The van der Waals surface area contributed by atoms with Crippen LogP contribution in [0.5, 0.6) is 0 Å². The Morgan fingerprint density at radius 3 is 2.37 bits per heavy atom. The number of pyridine rings is 1. The summed E-state index contributed by atoms with van der Waals surface area (Å²) in [5, 5.41) is 0.598. The van der Waals surface area contributed by atoms with Crippen LogP contribution in [0, 0.1) is 0 Å². The summed E-state index contributed by atoms with van der Waals surface area (Å²) >= 11 is 7.53. The highest BCUT2D eigenvalue weighted by molar-refractivity contribution is 8.00. The average molecular weight is 311 g/mol. The second-order valence-corrected chi connectivity index (χ2v) is 6.97. The molecule has 1 aliphatic heterocycles. The topological polar surface area (TPSA) is 16.1 Å². The van der Waals surface area contributed by atoms with E-state index in [-0.39, 0.29) is 5.15 Å². The fraction of sp³-hybridized carbons (Fsp3) is 0.583. The molecule has 1 aromatic heterocycles. The molecule has 0 bridgehead atoms. The van der Waals surface area contributed by atoms with Crippen molar-refractivity contribution in [2.45, 2.75) is 30.5 Å². The first-order valence-corrected chi connectivity index (χ1v) is 7.23. The minimum Gasteiger partial charge on any atom is -0.354 e. The van der Waals surface area contributed by atoms with Gasteiger partial charge in [0.2, 0.25) is 0 Å². The van der Waals surface area contributed by atoms with Gasteiger partial charge in [-0.1, -0.05) is 25.4 Å². The zero-order valence-electron chi connectivity index (χ0n) is 10.5. The van der Waals surface area contributed by atoms with Crippen LogP contribution in [0.3, 0.4) is 0 Å². The van der Waals surface area contributed by atoms with Gasteiger partial charge in [0.1, 0.15) is 11.0 Å². The molecule has 7 heteroatoms. The van der Waals surface area contributed by atoms with Crippen molar-refractivity contribution in [2.75, 3.05) is 18.0 Å². The molecule has 0 N–H and O–H groups in total. The lowest BCUT2D eigenvalue weighted by Gasteiger charge is -2.35. The van der Waals surface area contributed by atoms with E-state index in [0.29, 0.717) is 29.4 Å². The highest BCUT2D eigenvalue weighted by Crippen LogP contribution is 2.34. The number of alkyl halides is 3. The molecule has 0 spiro atoms. The maximum atomic E-state index is 12.8. The molecule has 2 heterocycles. The van der Waals surface area contributed by atoms with E-state index in [1.54, 1.807) is 0 Å². The van der Waals surface area contributed by atoms with Gasteiger partial charge in [0, 0.05) is 23.6 Å². The highest BCUT2D eigenvalue weighted by Gasteiger charge is 2.33. The maximum absolute atomic E-state index is 12.8. The molecular weight excluding hydrogens is 297 g/mol. The first kappa shape index (κ1) is 14.8. The van der Waals surface area contributed by atoms with E-state index >= 15 is 0 Å². The number of hydrogen-bond acceptors (Lipinski definition) is 3. The van der Waals surface area contributed by atoms with Gasteiger partial charge in [0.25, 0.3) is 0 Å². The Bertz CT molecular complexity index is 457. The summed E-state index contributed by atoms with van der Waals surface area (Å²) in [7, 11) is 0. The molecule has 0 aromatic carbocycles. The second kappa shape index (κ2) is 5.40. The molecule has 1 saturated heterocycles. The predicted molar refractivity (Wildman–Crippen MR) is 73.0 cm³/mol. The molecule has 2 nitrogen and oxygen atoms in total. The molecular formula is C12H14ClF3N2S. The number of thioether (sulfide) groups is 1. The van der Waals surface area contributed by atoms with Gasteiger partial charge in [0.15, 0.2) is 0 Å². The van der Waals surface area contributed by atoms with Crippen LogP contribution in [0.1, 0.15) is 19.4 Å². The Morgan fingerprint density at radius 1 is 1.26 bits per heavy atom. The van der Waals surface area contributed by atoms with Crippen LogP contribution >= 0.6 is 23.4 Å². The fourth-order valence-electron chi connectivity index (χ4n) is 2.17. The Kier molecular flexibility index (Phi) is 4.20. The van der Waals surface area contributed by atoms with Gasteiger partial charge < -0.3 is 4.90 Å². The molecule has 2 atom stereocenters. The Balaban J connectivity index is 2.31. The lowest BCUT2D eigenvalue weighted by molar-refractivity contribution is -0.137. The van der Waals surface area contributed by atoms with Gasteiger partial charge in [-0.15, -0.1) is 0 Å². The van der Waals surface area contributed by atoms with E-state index in [2.05, 4.69) is 18.8 Å². The Hall–Kier alpha value is -0.620. The molecule has 106 valence electrons. The lowest BCUT2D eigenvalue weighted by atomic mass is 10.2. The van der Waals surface area contributed by atoms with Gasteiger partial charge in [0.05, 0.1) is 5.56 Å². The molecule has 0 amide bonds. The number of anilines is 1. The normalized spacial score (nSPS) is 24.6. The molecule has 1 aromatic rings. The van der Waals surface area contributed by atoms with Gasteiger partial charge >= 0.3 is 6.18 Å². The Labute approximate surface area is 119 Å². The van der Waals surface area contributed by atoms with Gasteiger partial charge in [-0.05, 0) is 12.1 Å². The summed E-state index contributed by atoms with van der Waals surface area (Å²) in [4.78, 5) is 5.89. The molecule has 1 fully saturated rings. The first-order valence-electron chi connectivity index (χ1n) is 5.91. The van der Waals surface area contributed by atoms with Crippen molar-refractivity contribution in [3.8, 4) is 0 Å². The summed E-state index contributed by atoms with van der Waals surface area (Å²) in [5.41, 5.74) is -0.749. The van der Waals surface area contributed by atoms with Crippen molar-refractivity contribution >= 4 is 29.2 Å². The molecule has 0 radical (unpaired) electrons. The molecule has 1 aliphatic rings. The van der Waals surface area contributed by atoms with Gasteiger partial charge in [-0.2, -0.15) is 24.9 Å². The molecule has 2 unspecified atom stereocenters. The third-order valence-corrected chi connectivity index (χ3v) is 4.27. The minimum atomic E-state index is -4.40. The lowest BCUT2D eigenvalue weighted by Crippen LogP contribution is -2.41. The highest BCUT2D eigenvalue weighted by atomic mass is 35.5. The van der Waals surface area contributed by atoms with Crippen LogP contribution in [0.4, 0.5) is 19.0 Å². The van der Waals surface area contributed by atoms with E-state index in [1.165, 1.54) is 0 Å². The molecule has 0 saturated carbocycles. The van der Waals surface area contributed by atoms with Crippen molar-refractivity contribution in [1.29, 1.82) is 0 Å². The predicted octanol–water partition coefficient (Wildman–Crippen LogP) is 4.08. The van der Waals surface area contributed by atoms with Crippen LogP contribution in [0.15, 0.2) is 12.1 Å². The second-order valence-electron chi connectivity index (χ2n) is 4.70. The summed E-state index contributed by atoms with van der Waals surface area (Å²) in [6.45, 7) is 5.48.